The number of carbonyl (C=O) groups excluding carboxylic acids is 2. The zero-order chi connectivity index (χ0) is 32.8. The van der Waals surface area contributed by atoms with Crippen molar-refractivity contribution in [3.8, 4) is 0 Å². The minimum Gasteiger partial charge on any atom is -0.330 e. The average molecular weight is 606 g/mol. The fraction of sp³-hybridized carbons (Fsp3) is 0.209. The maximum Gasteiger partial charge on any atom is 0.150 e. The SMILES string of the molecule is CC=O.Cc1cccc(CCN)c1.Cc1cccc(CCc2ccc3c4ccc(C)c5c(C=O)ccc(c6ccc(C)c2c63)c54)c1. The van der Waals surface area contributed by atoms with Crippen LogP contribution >= 0.6 is 0 Å². The lowest BCUT2D eigenvalue weighted by atomic mass is 9.84. The number of hydrogen-bond donors (Lipinski definition) is 1. The molecule has 0 saturated heterocycles. The number of rotatable bonds is 6. The van der Waals surface area contributed by atoms with Gasteiger partial charge in [0.25, 0.3) is 0 Å². The van der Waals surface area contributed by atoms with E-state index in [1.54, 1.807) is 0 Å². The van der Waals surface area contributed by atoms with Crippen LogP contribution in [0.4, 0.5) is 0 Å². The molecule has 0 amide bonds. The van der Waals surface area contributed by atoms with Gasteiger partial charge in [-0.25, -0.2) is 0 Å². The Labute approximate surface area is 272 Å². The molecule has 0 bridgehead atoms. The summed E-state index contributed by atoms with van der Waals surface area (Å²) in [7, 11) is 0. The molecule has 0 aliphatic carbocycles. The molecular formula is C43H43NO2. The Morgan fingerprint density at radius 3 is 1.54 bits per heavy atom. The molecule has 2 N–H and O–H groups in total. The van der Waals surface area contributed by atoms with Gasteiger partial charge in [-0.05, 0) is 131 Å². The highest BCUT2D eigenvalue weighted by molar-refractivity contribution is 6.34. The third-order valence-electron chi connectivity index (χ3n) is 8.84. The normalized spacial score (nSPS) is 10.9. The highest BCUT2D eigenvalue weighted by Crippen LogP contribution is 2.43. The van der Waals surface area contributed by atoms with E-state index >= 15 is 0 Å². The quantitative estimate of drug-likeness (QED) is 0.117. The summed E-state index contributed by atoms with van der Waals surface area (Å²) in [6.45, 7) is 10.8. The number of carbonyl (C=O) groups is 2. The van der Waals surface area contributed by atoms with Crippen molar-refractivity contribution in [3.05, 3.63) is 142 Å². The zero-order valence-electron chi connectivity index (χ0n) is 27.6. The Kier molecular flexibility index (Phi) is 10.2. The summed E-state index contributed by atoms with van der Waals surface area (Å²) < 4.78 is 0. The first-order valence-corrected chi connectivity index (χ1v) is 16.1. The Morgan fingerprint density at radius 1 is 0.543 bits per heavy atom. The van der Waals surface area contributed by atoms with E-state index in [2.05, 4.69) is 119 Å². The topological polar surface area (TPSA) is 60.2 Å². The number of aryl methyl sites for hydroxylation is 6. The molecule has 7 aromatic carbocycles. The van der Waals surface area contributed by atoms with Crippen molar-refractivity contribution in [2.45, 2.75) is 53.9 Å². The second-order valence-electron chi connectivity index (χ2n) is 12.2. The number of aldehydes is 2. The molecule has 232 valence electrons. The number of hydrogen-bond acceptors (Lipinski definition) is 3. The highest BCUT2D eigenvalue weighted by atomic mass is 16.1. The molecule has 7 rings (SSSR count). The van der Waals surface area contributed by atoms with Gasteiger partial charge in [0.15, 0.2) is 6.29 Å². The molecule has 46 heavy (non-hydrogen) atoms. The van der Waals surface area contributed by atoms with Crippen LogP contribution in [-0.2, 0) is 24.1 Å². The fourth-order valence-corrected chi connectivity index (χ4v) is 6.83. The lowest BCUT2D eigenvalue weighted by Gasteiger charge is -2.19. The summed E-state index contributed by atoms with van der Waals surface area (Å²) in [6.07, 6.45) is 4.78. The summed E-state index contributed by atoms with van der Waals surface area (Å²) in [6, 6.07) is 35.0. The van der Waals surface area contributed by atoms with Crippen molar-refractivity contribution < 1.29 is 9.59 Å². The van der Waals surface area contributed by atoms with Gasteiger partial charge in [0.2, 0.25) is 0 Å². The van der Waals surface area contributed by atoms with Crippen LogP contribution in [0, 0.1) is 27.7 Å². The zero-order valence-corrected chi connectivity index (χ0v) is 27.6. The monoisotopic (exact) mass is 605 g/mol. The minimum atomic E-state index is 0.740. The van der Waals surface area contributed by atoms with Crippen LogP contribution in [0.5, 0.6) is 0 Å². The van der Waals surface area contributed by atoms with Crippen LogP contribution < -0.4 is 5.73 Å². The molecule has 0 unspecified atom stereocenters. The minimum absolute atomic E-state index is 0.740. The van der Waals surface area contributed by atoms with Gasteiger partial charge >= 0.3 is 0 Å². The molecule has 0 aliphatic rings. The van der Waals surface area contributed by atoms with E-state index < -0.39 is 0 Å². The largest absolute Gasteiger partial charge is 0.330 e. The molecule has 0 fully saturated rings. The predicted octanol–water partition coefficient (Wildman–Crippen LogP) is 9.96. The summed E-state index contributed by atoms with van der Waals surface area (Å²) in [5.41, 5.74) is 15.4. The lowest BCUT2D eigenvalue weighted by Crippen LogP contribution is -2.02. The van der Waals surface area contributed by atoms with E-state index in [1.807, 2.05) is 6.07 Å². The van der Waals surface area contributed by atoms with Gasteiger partial charge in [-0.1, -0.05) is 108 Å². The number of benzene rings is 7. The Bertz CT molecular complexity index is 2140. The number of nitrogens with two attached hydrogens (primary N) is 1. The Balaban J connectivity index is 0.000000271. The Morgan fingerprint density at radius 2 is 1.02 bits per heavy atom. The smallest absolute Gasteiger partial charge is 0.150 e. The van der Waals surface area contributed by atoms with Crippen LogP contribution in [0.1, 0.15) is 56.2 Å². The van der Waals surface area contributed by atoms with Gasteiger partial charge in [0, 0.05) is 5.56 Å². The molecule has 0 radical (unpaired) electrons. The van der Waals surface area contributed by atoms with E-state index in [1.165, 1.54) is 78.0 Å². The summed E-state index contributed by atoms with van der Waals surface area (Å²) in [4.78, 5) is 20.6. The molecule has 0 aliphatic heterocycles. The van der Waals surface area contributed by atoms with Crippen molar-refractivity contribution in [2.24, 2.45) is 5.73 Å². The predicted molar refractivity (Wildman–Crippen MR) is 197 cm³/mol. The maximum atomic E-state index is 11.8. The van der Waals surface area contributed by atoms with Crippen molar-refractivity contribution in [3.63, 3.8) is 0 Å². The van der Waals surface area contributed by atoms with Crippen LogP contribution in [0.15, 0.2) is 97.1 Å². The third kappa shape index (κ3) is 6.56. The van der Waals surface area contributed by atoms with Gasteiger partial charge in [-0.3, -0.25) is 4.79 Å². The van der Waals surface area contributed by atoms with E-state index in [9.17, 15) is 4.79 Å². The van der Waals surface area contributed by atoms with Crippen LogP contribution in [0.25, 0.3) is 43.1 Å². The fourth-order valence-electron chi connectivity index (χ4n) is 6.83. The van der Waals surface area contributed by atoms with Crippen molar-refractivity contribution in [1.29, 1.82) is 0 Å². The van der Waals surface area contributed by atoms with E-state index in [4.69, 9.17) is 10.5 Å². The third-order valence-corrected chi connectivity index (χ3v) is 8.84. The first-order chi connectivity index (χ1) is 22.3. The molecule has 0 saturated carbocycles. The first-order valence-electron chi connectivity index (χ1n) is 16.1. The molecule has 0 heterocycles. The molecular weight excluding hydrogens is 562 g/mol. The van der Waals surface area contributed by atoms with Gasteiger partial charge in [0.05, 0.1) is 0 Å². The maximum absolute atomic E-state index is 11.8. The summed E-state index contributed by atoms with van der Waals surface area (Å²) in [5, 5.41) is 10.1. The lowest BCUT2D eigenvalue weighted by molar-refractivity contribution is -0.106. The van der Waals surface area contributed by atoms with Gasteiger partial charge < -0.3 is 10.5 Å². The Hall–Kier alpha value is -4.86. The van der Waals surface area contributed by atoms with E-state index in [-0.39, 0.29) is 0 Å². The van der Waals surface area contributed by atoms with Gasteiger partial charge in [-0.2, -0.15) is 0 Å². The second-order valence-corrected chi connectivity index (χ2v) is 12.2. The molecule has 3 nitrogen and oxygen atoms in total. The van der Waals surface area contributed by atoms with Crippen molar-refractivity contribution in [2.75, 3.05) is 6.54 Å². The first kappa shape index (κ1) is 32.5. The van der Waals surface area contributed by atoms with Gasteiger partial charge in [0.1, 0.15) is 6.29 Å². The molecule has 0 spiro atoms. The van der Waals surface area contributed by atoms with E-state index in [0.29, 0.717) is 0 Å². The van der Waals surface area contributed by atoms with Crippen LogP contribution in [-0.4, -0.2) is 19.1 Å². The van der Waals surface area contributed by atoms with Crippen molar-refractivity contribution >= 4 is 55.7 Å². The molecule has 3 heteroatoms. The molecule has 0 aromatic heterocycles. The van der Waals surface area contributed by atoms with E-state index in [0.717, 1.165) is 54.9 Å². The van der Waals surface area contributed by atoms with Crippen molar-refractivity contribution in [1.82, 2.24) is 0 Å². The summed E-state index contributed by atoms with van der Waals surface area (Å²) >= 11 is 0. The highest BCUT2D eigenvalue weighted by Gasteiger charge is 2.18. The van der Waals surface area contributed by atoms with Gasteiger partial charge in [-0.15, -0.1) is 0 Å². The molecule has 0 atom stereocenters. The van der Waals surface area contributed by atoms with Crippen LogP contribution in [0.2, 0.25) is 0 Å². The second kappa shape index (κ2) is 14.5. The standard InChI is InChI=1S/C32H26O.C9H13N.C2H4O/c1-19-5-4-6-22(17-19)9-10-23-11-15-27-26-14-8-21(3)30-24(18-33)12-16-28(32(26)30)25-13-7-20(2)29(23)31(25)27;1-8-3-2-4-9(7-8)5-6-10;1-2-3/h4-8,11-18H,9-10H2,1-3H3;2-4,7H,5-6,10H2,1H3;2H,1H3. The average Bonchev–Trinajstić information content (AvgIpc) is 3.05. The van der Waals surface area contributed by atoms with Crippen LogP contribution in [0.3, 0.4) is 0 Å². The number of fused-ring (bicyclic) bond motifs is 2. The molecule has 7 aromatic rings. The summed E-state index contributed by atoms with van der Waals surface area (Å²) in [5.74, 6) is 0.